The zero-order valence-electron chi connectivity index (χ0n) is 38.9. The van der Waals surface area contributed by atoms with Crippen molar-refractivity contribution in [2.45, 2.75) is 160 Å². The van der Waals surface area contributed by atoms with E-state index < -0.39 is 74.4 Å². The highest BCUT2D eigenvalue weighted by molar-refractivity contribution is 7.52. The molecule has 0 radical (unpaired) electrons. The third-order valence-electron chi connectivity index (χ3n) is 12.0. The predicted molar refractivity (Wildman–Crippen MR) is 249 cm³/mol. The second-order valence-electron chi connectivity index (χ2n) is 17.2. The first-order chi connectivity index (χ1) is 32.3. The lowest BCUT2D eigenvalue weighted by Gasteiger charge is -2.31. The number of aromatic nitrogens is 4. The number of rotatable bonds is 30. The standard InChI is InChI=1S/C49H66F3N6O8P/c1-5-9-10-11-12-13-14-15-16-17-18-19-23-26-43(59)64-41-31-42(58-34-54-44-45(53)55-48(52)56-46(44)58)65-49(41,8-4)33-63-67(61,66-39-24-21-20-22-25-39)57-40(47(60)62-32-35(6-2)7-3)29-36-27-37(50)30-38(51)28-36/h4,20-22,24-25,27-28,30,34-35,40-42H,5-7,9-19,23,26,29,31-33H2,1-3H3,(H,57,61)(H2,53,55,56)/t40?,41-,42+,49+,67-/m0/s1. The Balaban J connectivity index is 1.36. The Morgan fingerprint density at radius 2 is 1.57 bits per heavy atom. The van der Waals surface area contributed by atoms with Crippen molar-refractivity contribution >= 4 is 36.7 Å². The molecule has 14 nitrogen and oxygen atoms in total. The van der Waals surface area contributed by atoms with Crippen molar-refractivity contribution in [3.05, 3.63) is 78.1 Å². The molecule has 0 bridgehead atoms. The Labute approximate surface area is 392 Å². The molecule has 3 N–H and O–H groups in total. The number of carbonyl (C=O) groups is 2. The minimum absolute atomic E-state index is 0.0129. The molecule has 3 heterocycles. The highest BCUT2D eigenvalue weighted by Crippen LogP contribution is 2.49. The number of anilines is 1. The highest BCUT2D eigenvalue weighted by atomic mass is 31.2. The van der Waals surface area contributed by atoms with E-state index in [-0.39, 0.29) is 53.7 Å². The second-order valence-corrected chi connectivity index (χ2v) is 18.9. The summed E-state index contributed by atoms with van der Waals surface area (Å²) in [6.45, 7) is 5.38. The maximum atomic E-state index is 15.1. The molecule has 2 aromatic heterocycles. The van der Waals surface area contributed by atoms with Crippen molar-refractivity contribution in [1.82, 2.24) is 24.6 Å². The lowest BCUT2D eigenvalue weighted by Crippen LogP contribution is -2.46. The summed E-state index contributed by atoms with van der Waals surface area (Å²) in [5.74, 6) is -0.816. The number of benzene rings is 2. The summed E-state index contributed by atoms with van der Waals surface area (Å²) in [4.78, 5) is 39.0. The van der Waals surface area contributed by atoms with E-state index in [0.717, 1.165) is 37.8 Å². The number of carbonyl (C=O) groups excluding carboxylic acids is 2. The number of esters is 2. The quantitative estimate of drug-likeness (QED) is 0.0166. The number of para-hydroxylation sites is 1. The third kappa shape index (κ3) is 16.1. The normalized spacial score (nSPS) is 18.4. The molecule has 1 unspecified atom stereocenters. The number of terminal acetylenes is 1. The van der Waals surface area contributed by atoms with Gasteiger partial charge in [0.05, 0.1) is 12.9 Å². The average Bonchev–Trinajstić information content (AvgIpc) is 3.89. The number of fused-ring (bicyclic) bond motifs is 1. The number of hydrogen-bond donors (Lipinski definition) is 2. The summed E-state index contributed by atoms with van der Waals surface area (Å²) < 4.78 is 90.0. The topological polar surface area (TPSA) is 179 Å². The van der Waals surface area contributed by atoms with Crippen LogP contribution in [0, 0.1) is 36.0 Å². The molecule has 5 rings (SSSR count). The van der Waals surface area contributed by atoms with Gasteiger partial charge in [0.2, 0.25) is 0 Å². The first-order valence-electron chi connectivity index (χ1n) is 23.7. The van der Waals surface area contributed by atoms with E-state index in [1.54, 1.807) is 18.2 Å². The molecule has 67 heavy (non-hydrogen) atoms. The van der Waals surface area contributed by atoms with Crippen LogP contribution in [0.1, 0.15) is 142 Å². The number of hydrogen-bond acceptors (Lipinski definition) is 12. The maximum Gasteiger partial charge on any atom is 0.459 e. The summed E-state index contributed by atoms with van der Waals surface area (Å²) >= 11 is 0. The van der Waals surface area contributed by atoms with Crippen molar-refractivity contribution in [2.24, 2.45) is 5.92 Å². The Morgan fingerprint density at radius 1 is 0.940 bits per heavy atom. The van der Waals surface area contributed by atoms with Crippen molar-refractivity contribution in [1.29, 1.82) is 0 Å². The number of nitrogens with two attached hydrogens (primary N) is 1. The number of nitrogens with zero attached hydrogens (tertiary/aromatic N) is 4. The maximum absolute atomic E-state index is 15.1. The summed E-state index contributed by atoms with van der Waals surface area (Å²) in [7, 11) is -4.78. The van der Waals surface area contributed by atoms with E-state index in [1.807, 2.05) is 13.8 Å². The first kappa shape index (κ1) is 53.0. The zero-order chi connectivity index (χ0) is 48.2. The van der Waals surface area contributed by atoms with Crippen LogP contribution in [-0.4, -0.2) is 62.4 Å². The zero-order valence-corrected chi connectivity index (χ0v) is 39.8. The van der Waals surface area contributed by atoms with E-state index >= 15 is 4.57 Å². The van der Waals surface area contributed by atoms with E-state index in [4.69, 9.17) is 35.4 Å². The van der Waals surface area contributed by atoms with Crippen molar-refractivity contribution < 1.29 is 50.6 Å². The number of imidazole rings is 1. The Bertz CT molecular complexity index is 2260. The number of nitrogen functional groups attached to an aromatic ring is 1. The summed E-state index contributed by atoms with van der Waals surface area (Å²) in [6, 6.07) is 9.16. The monoisotopic (exact) mass is 954 g/mol. The molecule has 5 atom stereocenters. The van der Waals surface area contributed by atoms with Gasteiger partial charge in [-0.1, -0.05) is 135 Å². The molecule has 4 aromatic rings. The highest BCUT2D eigenvalue weighted by Gasteiger charge is 2.53. The number of halogens is 3. The minimum Gasteiger partial charge on any atom is -0.464 e. The summed E-state index contributed by atoms with van der Waals surface area (Å²) in [6.07, 6.45) is 19.8. The molecule has 366 valence electrons. The van der Waals surface area contributed by atoms with Gasteiger partial charge >= 0.3 is 25.8 Å². The van der Waals surface area contributed by atoms with Crippen LogP contribution in [-0.2, 0) is 39.3 Å². The van der Waals surface area contributed by atoms with Gasteiger partial charge in [0.15, 0.2) is 22.6 Å². The van der Waals surface area contributed by atoms with Gasteiger partial charge in [-0.3, -0.25) is 18.7 Å². The van der Waals surface area contributed by atoms with Gasteiger partial charge < -0.3 is 24.5 Å². The molecule has 0 aliphatic carbocycles. The largest absolute Gasteiger partial charge is 0.464 e. The molecule has 0 amide bonds. The van der Waals surface area contributed by atoms with Crippen LogP contribution in [0.2, 0.25) is 0 Å². The molecule has 1 saturated heterocycles. The first-order valence-corrected chi connectivity index (χ1v) is 25.2. The predicted octanol–water partition coefficient (Wildman–Crippen LogP) is 10.9. The lowest BCUT2D eigenvalue weighted by atomic mass is 9.98. The van der Waals surface area contributed by atoms with Gasteiger partial charge in [-0.15, -0.1) is 6.42 Å². The second kappa shape index (κ2) is 26.5. The van der Waals surface area contributed by atoms with Gasteiger partial charge in [-0.2, -0.15) is 19.4 Å². The Kier molecular flexibility index (Phi) is 21.0. The van der Waals surface area contributed by atoms with Gasteiger partial charge in [0.1, 0.15) is 42.4 Å². The van der Waals surface area contributed by atoms with Gasteiger partial charge in [-0.25, -0.2) is 18.3 Å². The van der Waals surface area contributed by atoms with Crippen LogP contribution in [0.15, 0.2) is 54.9 Å². The van der Waals surface area contributed by atoms with Crippen LogP contribution in [0.4, 0.5) is 19.0 Å². The minimum atomic E-state index is -4.78. The van der Waals surface area contributed by atoms with Crippen LogP contribution in [0.25, 0.3) is 11.2 Å². The third-order valence-corrected chi connectivity index (χ3v) is 13.6. The Hall–Kier alpha value is -5.01. The molecular weight excluding hydrogens is 889 g/mol. The lowest BCUT2D eigenvalue weighted by molar-refractivity contribution is -0.158. The SMILES string of the molecule is C#C[C@]1(CO[P@@](=O)(NC(Cc2cc(F)cc(F)c2)C(=O)OCC(CC)CC)Oc2ccccc2)O[C@@H](n2cnc3c(N)nc(F)nc32)C[C@@H]1OC(=O)CCCCCCCCCCCCCCC. The Morgan fingerprint density at radius 3 is 2.18 bits per heavy atom. The summed E-state index contributed by atoms with van der Waals surface area (Å²) in [5.41, 5.74) is 4.08. The van der Waals surface area contributed by atoms with E-state index in [1.165, 1.54) is 74.4 Å². The van der Waals surface area contributed by atoms with Gasteiger partial charge in [0.25, 0.3) is 0 Å². The van der Waals surface area contributed by atoms with Crippen LogP contribution >= 0.6 is 7.75 Å². The molecule has 0 spiro atoms. The van der Waals surface area contributed by atoms with E-state index in [2.05, 4.69) is 32.9 Å². The van der Waals surface area contributed by atoms with Crippen LogP contribution in [0.5, 0.6) is 5.75 Å². The van der Waals surface area contributed by atoms with E-state index in [9.17, 15) is 22.8 Å². The molecular formula is C49H66F3N6O8P. The molecule has 1 fully saturated rings. The molecule has 0 saturated carbocycles. The molecule has 18 heteroatoms. The van der Waals surface area contributed by atoms with Crippen LogP contribution in [0.3, 0.4) is 0 Å². The smallest absolute Gasteiger partial charge is 0.459 e. The molecule has 1 aliphatic rings. The molecule has 2 aromatic carbocycles. The fourth-order valence-corrected chi connectivity index (χ4v) is 9.55. The van der Waals surface area contributed by atoms with Crippen LogP contribution < -0.4 is 15.3 Å². The van der Waals surface area contributed by atoms with Gasteiger partial charge in [-0.05, 0) is 48.6 Å². The number of nitrogens with one attached hydrogen (secondary N) is 1. The van der Waals surface area contributed by atoms with Crippen molar-refractivity contribution in [2.75, 3.05) is 18.9 Å². The molecule has 1 aliphatic heterocycles. The van der Waals surface area contributed by atoms with Gasteiger partial charge in [0, 0.05) is 18.9 Å². The van der Waals surface area contributed by atoms with Crippen molar-refractivity contribution in [3.8, 4) is 18.1 Å². The summed E-state index contributed by atoms with van der Waals surface area (Å²) in [5, 5.41) is 2.66. The fraction of sp³-hybridized carbons (Fsp3) is 0.571. The van der Waals surface area contributed by atoms with Crippen molar-refractivity contribution in [3.63, 3.8) is 0 Å². The number of ether oxygens (including phenoxy) is 3. The fourth-order valence-electron chi connectivity index (χ4n) is 8.03. The average molecular weight is 955 g/mol. The number of unbranched alkanes of at least 4 members (excludes halogenated alkanes) is 12. The van der Waals surface area contributed by atoms with E-state index in [0.29, 0.717) is 25.3 Å².